The summed E-state index contributed by atoms with van der Waals surface area (Å²) in [5.74, 6) is -0.889. The number of likely N-dealkylation sites (tertiary alicyclic amines) is 1. The van der Waals surface area contributed by atoms with Crippen molar-refractivity contribution < 1.29 is 26.4 Å². The normalized spacial score (nSPS) is 19.6. The Morgan fingerprint density at radius 3 is 2.45 bits per heavy atom. The minimum atomic E-state index is -4.99. The minimum Gasteiger partial charge on any atom is -0.349 e. The van der Waals surface area contributed by atoms with Gasteiger partial charge in [0.1, 0.15) is 6.04 Å². The van der Waals surface area contributed by atoms with Gasteiger partial charge in [0.2, 0.25) is 15.9 Å². The molecule has 1 amide bonds. The van der Waals surface area contributed by atoms with Crippen molar-refractivity contribution in [3.63, 3.8) is 0 Å². The monoisotopic (exact) mass is 591 g/mol. The van der Waals surface area contributed by atoms with Crippen molar-refractivity contribution in [1.29, 1.82) is 0 Å². The molecular weight excluding hydrogens is 562 g/mol. The lowest BCUT2D eigenvalue weighted by Gasteiger charge is -2.30. The summed E-state index contributed by atoms with van der Waals surface area (Å²) < 4.78 is 68.1. The molecule has 0 unspecified atom stereocenters. The van der Waals surface area contributed by atoms with Gasteiger partial charge in [0.05, 0.1) is 27.4 Å². The molecule has 1 heterocycles. The number of hydrogen-bond donors (Lipinski definition) is 2. The van der Waals surface area contributed by atoms with E-state index in [4.69, 9.17) is 23.2 Å². The van der Waals surface area contributed by atoms with Crippen LogP contribution in [0, 0.1) is 0 Å². The van der Waals surface area contributed by atoms with Crippen molar-refractivity contribution in [3.05, 3.63) is 63.1 Å². The molecule has 12 heteroatoms. The summed E-state index contributed by atoms with van der Waals surface area (Å²) in [6.45, 7) is 3.01. The van der Waals surface area contributed by atoms with E-state index in [0.29, 0.717) is 6.42 Å². The second kappa shape index (κ2) is 12.1. The van der Waals surface area contributed by atoms with Gasteiger partial charge in [-0.2, -0.15) is 17.9 Å². The van der Waals surface area contributed by atoms with E-state index in [2.05, 4.69) is 16.3 Å². The summed E-state index contributed by atoms with van der Waals surface area (Å²) in [5, 5.41) is 2.64. The lowest BCUT2D eigenvalue weighted by Crippen LogP contribution is -2.48. The van der Waals surface area contributed by atoms with Crippen LogP contribution in [0.3, 0.4) is 0 Å². The Labute approximate surface area is 230 Å². The molecule has 4 rings (SSSR count). The highest BCUT2D eigenvalue weighted by Gasteiger charge is 2.44. The molecule has 2 N–H and O–H groups in total. The molecule has 1 saturated heterocycles. The maximum absolute atomic E-state index is 13.8. The van der Waals surface area contributed by atoms with E-state index in [1.807, 2.05) is 12.1 Å². The fourth-order valence-corrected chi connectivity index (χ4v) is 6.66. The van der Waals surface area contributed by atoms with Gasteiger partial charge in [0.15, 0.2) is 0 Å². The van der Waals surface area contributed by atoms with E-state index < -0.39 is 45.5 Å². The number of nitrogens with zero attached hydrogens (tertiary/aromatic N) is 1. The van der Waals surface area contributed by atoms with Crippen molar-refractivity contribution in [1.82, 2.24) is 14.9 Å². The van der Waals surface area contributed by atoms with Crippen LogP contribution >= 0.6 is 23.2 Å². The number of sulfonamides is 1. The third-order valence-electron chi connectivity index (χ3n) is 7.00. The Morgan fingerprint density at radius 1 is 1.03 bits per heavy atom. The SMILES string of the molecule is O=C(C[C@H](NS(=O)(=O)c1ccc(Cl)c(Cl)c1)C(F)(F)F)N[C@@H]1CCCc2cc(CN3CCCCC3)ccc21. The highest BCUT2D eigenvalue weighted by Crippen LogP contribution is 2.32. The number of rotatable bonds is 8. The molecule has 2 aromatic rings. The van der Waals surface area contributed by atoms with Crippen molar-refractivity contribution >= 4 is 39.1 Å². The predicted octanol–water partition coefficient (Wildman–Crippen LogP) is 5.77. The number of fused-ring (bicyclic) bond motifs is 1. The summed E-state index contributed by atoms with van der Waals surface area (Å²) in [4.78, 5) is 14.7. The number of hydrogen-bond acceptors (Lipinski definition) is 4. The molecule has 0 spiro atoms. The van der Waals surface area contributed by atoms with Crippen LogP contribution in [-0.2, 0) is 27.8 Å². The quantitative estimate of drug-likeness (QED) is 0.408. The van der Waals surface area contributed by atoms with Crippen LogP contribution in [0.15, 0.2) is 41.3 Å². The number of halogens is 5. The first kappa shape index (κ1) is 29.1. The standard InChI is InChI=1S/C26H30Cl2F3N3O3S/c27-21-10-8-19(14-22(21)28)38(36,37)33-24(26(29,30)31)15-25(35)32-23-6-4-5-18-13-17(7-9-20(18)23)16-34-11-2-1-3-12-34/h7-10,13-14,23-24,33H,1-6,11-12,15-16H2,(H,32,35)/t23-,24+/m1/s1. The number of benzene rings is 2. The van der Waals surface area contributed by atoms with Gasteiger partial charge in [0.25, 0.3) is 0 Å². The van der Waals surface area contributed by atoms with Gasteiger partial charge in [-0.05, 0) is 80.1 Å². The average molecular weight is 593 g/mol. The fourth-order valence-electron chi connectivity index (χ4n) is 5.05. The summed E-state index contributed by atoms with van der Waals surface area (Å²) in [6, 6.07) is 6.22. The molecule has 208 valence electrons. The van der Waals surface area contributed by atoms with Crippen LogP contribution in [0.4, 0.5) is 13.2 Å². The van der Waals surface area contributed by atoms with E-state index in [9.17, 15) is 26.4 Å². The van der Waals surface area contributed by atoms with Gasteiger partial charge in [-0.3, -0.25) is 9.69 Å². The van der Waals surface area contributed by atoms with E-state index in [-0.39, 0.29) is 10.0 Å². The third kappa shape index (κ3) is 7.41. The van der Waals surface area contributed by atoms with Gasteiger partial charge >= 0.3 is 6.18 Å². The first-order valence-electron chi connectivity index (χ1n) is 12.6. The topological polar surface area (TPSA) is 78.5 Å². The van der Waals surface area contributed by atoms with Crippen LogP contribution in [0.5, 0.6) is 0 Å². The Hall–Kier alpha value is -1.85. The van der Waals surface area contributed by atoms with Crippen molar-refractivity contribution in [2.24, 2.45) is 0 Å². The molecule has 0 saturated carbocycles. The summed E-state index contributed by atoms with van der Waals surface area (Å²) in [6.07, 6.45) is -0.216. The minimum absolute atomic E-state index is 0.0590. The zero-order valence-electron chi connectivity index (χ0n) is 20.7. The van der Waals surface area contributed by atoms with E-state index >= 15 is 0 Å². The predicted molar refractivity (Wildman–Crippen MR) is 141 cm³/mol. The lowest BCUT2D eigenvalue weighted by molar-refractivity contribution is -0.158. The zero-order chi connectivity index (χ0) is 27.5. The summed E-state index contributed by atoms with van der Waals surface area (Å²) >= 11 is 11.6. The van der Waals surface area contributed by atoms with E-state index in [1.165, 1.54) is 30.9 Å². The summed E-state index contributed by atoms with van der Waals surface area (Å²) in [5.41, 5.74) is 3.17. The number of carbonyl (C=O) groups is 1. The van der Waals surface area contributed by atoms with Crippen LogP contribution in [0.25, 0.3) is 0 Å². The Balaban J connectivity index is 1.43. The van der Waals surface area contributed by atoms with Crippen LogP contribution in [0.1, 0.15) is 61.3 Å². The highest BCUT2D eigenvalue weighted by molar-refractivity contribution is 7.89. The number of alkyl halides is 3. The van der Waals surface area contributed by atoms with Gasteiger partial charge in [-0.15, -0.1) is 0 Å². The lowest BCUT2D eigenvalue weighted by atomic mass is 9.86. The van der Waals surface area contributed by atoms with Gasteiger partial charge in [-0.1, -0.05) is 47.8 Å². The molecule has 0 bridgehead atoms. The molecule has 2 aromatic carbocycles. The Kier molecular flexibility index (Phi) is 9.30. The molecule has 1 aliphatic heterocycles. The number of piperidine rings is 1. The fraction of sp³-hybridized carbons (Fsp3) is 0.500. The van der Waals surface area contributed by atoms with Gasteiger partial charge in [-0.25, -0.2) is 8.42 Å². The van der Waals surface area contributed by atoms with E-state index in [1.54, 1.807) is 4.72 Å². The second-order valence-corrected chi connectivity index (χ2v) is 12.4. The van der Waals surface area contributed by atoms with Crippen LogP contribution in [-0.4, -0.2) is 44.5 Å². The molecule has 0 aromatic heterocycles. The molecule has 6 nitrogen and oxygen atoms in total. The largest absolute Gasteiger partial charge is 0.405 e. The summed E-state index contributed by atoms with van der Waals surface area (Å²) in [7, 11) is -4.62. The highest BCUT2D eigenvalue weighted by atomic mass is 35.5. The molecule has 1 aliphatic carbocycles. The number of aryl methyl sites for hydroxylation is 1. The first-order chi connectivity index (χ1) is 17.9. The molecule has 2 aliphatic rings. The average Bonchev–Trinajstić information content (AvgIpc) is 2.85. The molecule has 0 radical (unpaired) electrons. The van der Waals surface area contributed by atoms with E-state index in [0.717, 1.165) is 55.7 Å². The smallest absolute Gasteiger partial charge is 0.349 e. The van der Waals surface area contributed by atoms with Crippen molar-refractivity contribution in [3.8, 4) is 0 Å². The number of carbonyl (C=O) groups excluding carboxylic acids is 1. The van der Waals surface area contributed by atoms with Gasteiger partial charge in [0, 0.05) is 6.54 Å². The van der Waals surface area contributed by atoms with Gasteiger partial charge < -0.3 is 5.32 Å². The number of amides is 1. The van der Waals surface area contributed by atoms with Crippen molar-refractivity contribution in [2.45, 2.75) is 74.6 Å². The Morgan fingerprint density at radius 2 is 1.76 bits per heavy atom. The maximum atomic E-state index is 13.8. The van der Waals surface area contributed by atoms with Crippen molar-refractivity contribution in [2.75, 3.05) is 13.1 Å². The number of nitrogens with one attached hydrogen (secondary N) is 2. The molecule has 38 heavy (non-hydrogen) atoms. The molecule has 1 fully saturated rings. The maximum Gasteiger partial charge on any atom is 0.405 e. The molecular formula is C26H30Cl2F3N3O3S. The zero-order valence-corrected chi connectivity index (χ0v) is 23.0. The van der Waals surface area contributed by atoms with Crippen LogP contribution in [0.2, 0.25) is 10.0 Å². The first-order valence-corrected chi connectivity index (χ1v) is 14.8. The second-order valence-electron chi connectivity index (χ2n) is 9.88. The Bertz CT molecular complexity index is 1270. The van der Waals surface area contributed by atoms with Crippen LogP contribution < -0.4 is 10.0 Å². The third-order valence-corrected chi connectivity index (χ3v) is 9.20. The molecule has 2 atom stereocenters.